The summed E-state index contributed by atoms with van der Waals surface area (Å²) in [5.41, 5.74) is 1.76. The second-order valence-corrected chi connectivity index (χ2v) is 7.64. The lowest BCUT2D eigenvalue weighted by Gasteiger charge is -2.19. The van der Waals surface area contributed by atoms with Gasteiger partial charge in [-0.1, -0.05) is 46.8 Å². The van der Waals surface area contributed by atoms with Gasteiger partial charge in [0.05, 0.1) is 0 Å². The molecule has 1 unspecified atom stereocenters. The second-order valence-electron chi connectivity index (χ2n) is 7.64. The van der Waals surface area contributed by atoms with Crippen LogP contribution in [0, 0.1) is 17.2 Å². The summed E-state index contributed by atoms with van der Waals surface area (Å²) in [7, 11) is 0. The Labute approximate surface area is 154 Å². The zero-order valence-electron chi connectivity index (χ0n) is 16.0. The summed E-state index contributed by atoms with van der Waals surface area (Å²) in [4.78, 5) is 23.4. The van der Waals surface area contributed by atoms with E-state index in [2.05, 4.69) is 31.4 Å². The number of amides is 1. The Morgan fingerprint density at radius 2 is 1.81 bits per heavy atom. The molecule has 0 aliphatic heterocycles. The number of anilines is 1. The Morgan fingerprint density at radius 3 is 2.23 bits per heavy atom. The van der Waals surface area contributed by atoms with Crippen molar-refractivity contribution >= 4 is 17.6 Å². The summed E-state index contributed by atoms with van der Waals surface area (Å²) in [5, 5.41) is 23.7. The Kier molecular flexibility index (Phi) is 7.39. The van der Waals surface area contributed by atoms with E-state index in [1.165, 1.54) is 11.8 Å². The fourth-order valence-electron chi connectivity index (χ4n) is 2.30. The molecular formula is C20H27N3O3. The highest BCUT2D eigenvalue weighted by atomic mass is 16.4. The summed E-state index contributed by atoms with van der Waals surface area (Å²) in [6.45, 7) is 10.1. The van der Waals surface area contributed by atoms with Crippen molar-refractivity contribution in [2.75, 3.05) is 5.32 Å². The van der Waals surface area contributed by atoms with Crippen LogP contribution in [0.1, 0.15) is 46.6 Å². The van der Waals surface area contributed by atoms with Gasteiger partial charge in [0.2, 0.25) is 0 Å². The van der Waals surface area contributed by atoms with Gasteiger partial charge in [-0.2, -0.15) is 5.26 Å². The van der Waals surface area contributed by atoms with E-state index < -0.39 is 17.9 Å². The molecule has 1 rings (SSSR count). The smallest absolute Gasteiger partial charge is 0.326 e. The zero-order chi connectivity index (χ0) is 19.9. The third-order valence-corrected chi connectivity index (χ3v) is 3.81. The molecule has 6 heteroatoms. The van der Waals surface area contributed by atoms with Gasteiger partial charge < -0.3 is 15.7 Å². The van der Waals surface area contributed by atoms with E-state index in [4.69, 9.17) is 0 Å². The van der Waals surface area contributed by atoms with Crippen molar-refractivity contribution < 1.29 is 14.7 Å². The average Bonchev–Trinajstić information content (AvgIpc) is 2.54. The molecule has 0 fully saturated rings. The molecule has 0 saturated heterocycles. The van der Waals surface area contributed by atoms with Crippen molar-refractivity contribution in [3.05, 3.63) is 41.6 Å². The van der Waals surface area contributed by atoms with Crippen molar-refractivity contribution in [2.45, 2.75) is 52.5 Å². The molecule has 0 spiro atoms. The zero-order valence-corrected chi connectivity index (χ0v) is 16.0. The highest BCUT2D eigenvalue weighted by molar-refractivity contribution is 5.99. The van der Waals surface area contributed by atoms with Crippen LogP contribution >= 0.6 is 0 Å². The van der Waals surface area contributed by atoms with Crippen LogP contribution in [0.4, 0.5) is 5.69 Å². The molecular weight excluding hydrogens is 330 g/mol. The number of nitrogens with zero attached hydrogens (tertiary/aromatic N) is 1. The fraction of sp³-hybridized carbons (Fsp3) is 0.450. The second kappa shape index (κ2) is 9.04. The molecule has 0 heterocycles. The molecule has 0 aromatic heterocycles. The van der Waals surface area contributed by atoms with Crippen LogP contribution in [0.15, 0.2) is 36.0 Å². The minimum absolute atomic E-state index is 0.0360. The Hall–Kier alpha value is -2.81. The first-order valence-electron chi connectivity index (χ1n) is 8.55. The van der Waals surface area contributed by atoms with Gasteiger partial charge in [-0.15, -0.1) is 0 Å². The minimum Gasteiger partial charge on any atom is -0.480 e. The largest absolute Gasteiger partial charge is 0.480 e. The molecule has 0 saturated carbocycles. The highest BCUT2D eigenvalue weighted by Crippen LogP contribution is 2.23. The lowest BCUT2D eigenvalue weighted by molar-refractivity contribution is -0.141. The van der Waals surface area contributed by atoms with E-state index in [1.807, 2.05) is 38.1 Å². The number of carboxylic acid groups (broad SMARTS) is 1. The van der Waals surface area contributed by atoms with Crippen LogP contribution in [0.2, 0.25) is 0 Å². The summed E-state index contributed by atoms with van der Waals surface area (Å²) in [5.74, 6) is -1.72. The molecule has 1 aromatic carbocycles. The Morgan fingerprint density at radius 1 is 1.23 bits per heavy atom. The molecule has 1 aromatic rings. The van der Waals surface area contributed by atoms with Crippen molar-refractivity contribution in [3.8, 4) is 6.07 Å². The maximum absolute atomic E-state index is 12.2. The summed E-state index contributed by atoms with van der Waals surface area (Å²) in [6, 6.07) is 8.46. The number of aliphatic carboxylic acids is 1. The molecule has 26 heavy (non-hydrogen) atoms. The quantitative estimate of drug-likeness (QED) is 0.512. The fourth-order valence-corrected chi connectivity index (χ4v) is 2.30. The van der Waals surface area contributed by atoms with Gasteiger partial charge in [0.1, 0.15) is 17.7 Å². The van der Waals surface area contributed by atoms with Gasteiger partial charge in [-0.05, 0) is 35.4 Å². The number of carbonyl (C=O) groups is 2. The summed E-state index contributed by atoms with van der Waals surface area (Å²) >= 11 is 0. The van der Waals surface area contributed by atoms with Gasteiger partial charge in [0.25, 0.3) is 5.91 Å². The minimum atomic E-state index is -1.12. The number of rotatable bonds is 7. The topological polar surface area (TPSA) is 102 Å². The van der Waals surface area contributed by atoms with E-state index in [-0.39, 0.29) is 16.9 Å². The monoisotopic (exact) mass is 357 g/mol. The van der Waals surface area contributed by atoms with Gasteiger partial charge >= 0.3 is 5.97 Å². The lowest BCUT2D eigenvalue weighted by Crippen LogP contribution is -2.42. The third kappa shape index (κ3) is 6.60. The van der Waals surface area contributed by atoms with E-state index in [9.17, 15) is 20.0 Å². The SMILES string of the molecule is CC(C)CC(NC(=O)/C(C#N)=C\Nc1ccc(C(C)(C)C)cc1)C(=O)O. The van der Waals surface area contributed by atoms with Gasteiger partial charge in [-0.25, -0.2) is 4.79 Å². The third-order valence-electron chi connectivity index (χ3n) is 3.81. The van der Waals surface area contributed by atoms with E-state index in [0.717, 1.165) is 5.69 Å². The maximum Gasteiger partial charge on any atom is 0.326 e. The highest BCUT2D eigenvalue weighted by Gasteiger charge is 2.22. The van der Waals surface area contributed by atoms with Crippen molar-refractivity contribution in [2.24, 2.45) is 5.92 Å². The molecule has 0 radical (unpaired) electrons. The predicted molar refractivity (Wildman–Crippen MR) is 101 cm³/mol. The van der Waals surface area contributed by atoms with Crippen LogP contribution in [0.3, 0.4) is 0 Å². The van der Waals surface area contributed by atoms with Crippen LogP contribution < -0.4 is 10.6 Å². The summed E-state index contributed by atoms with van der Waals surface area (Å²) < 4.78 is 0. The number of carboxylic acids is 1. The van der Waals surface area contributed by atoms with Crippen molar-refractivity contribution in [3.63, 3.8) is 0 Å². The predicted octanol–water partition coefficient (Wildman–Crippen LogP) is 3.42. The summed E-state index contributed by atoms with van der Waals surface area (Å²) in [6.07, 6.45) is 1.58. The van der Waals surface area contributed by atoms with Crippen molar-refractivity contribution in [1.29, 1.82) is 5.26 Å². The molecule has 6 nitrogen and oxygen atoms in total. The maximum atomic E-state index is 12.2. The number of hydrogen-bond acceptors (Lipinski definition) is 4. The first-order valence-corrected chi connectivity index (χ1v) is 8.55. The van der Waals surface area contributed by atoms with E-state index >= 15 is 0 Å². The number of carbonyl (C=O) groups excluding carboxylic acids is 1. The number of hydrogen-bond donors (Lipinski definition) is 3. The Balaban J connectivity index is 2.82. The first kappa shape index (κ1) is 21.2. The first-order chi connectivity index (χ1) is 12.0. The number of nitriles is 1. The van der Waals surface area contributed by atoms with Crippen LogP contribution in [0.5, 0.6) is 0 Å². The average molecular weight is 357 g/mol. The normalized spacial score (nSPS) is 13.0. The molecule has 140 valence electrons. The standard InChI is InChI=1S/C20H27N3O3/c1-13(2)10-17(19(25)26)23-18(24)14(11-21)12-22-16-8-6-15(7-9-16)20(3,4)5/h6-9,12-13,17,22H,10H2,1-5H3,(H,23,24)(H,25,26)/b14-12-. The van der Waals surface area contributed by atoms with Crippen LogP contribution in [-0.2, 0) is 15.0 Å². The Bertz CT molecular complexity index is 707. The van der Waals surface area contributed by atoms with Gasteiger partial charge in [0, 0.05) is 11.9 Å². The number of benzene rings is 1. The lowest BCUT2D eigenvalue weighted by atomic mass is 9.87. The molecule has 0 aliphatic rings. The number of nitrogens with one attached hydrogen (secondary N) is 2. The molecule has 3 N–H and O–H groups in total. The molecule has 1 atom stereocenters. The van der Waals surface area contributed by atoms with E-state index in [0.29, 0.717) is 6.42 Å². The van der Waals surface area contributed by atoms with E-state index in [1.54, 1.807) is 6.07 Å². The van der Waals surface area contributed by atoms with Gasteiger partial charge in [0.15, 0.2) is 0 Å². The van der Waals surface area contributed by atoms with Crippen LogP contribution in [-0.4, -0.2) is 23.0 Å². The molecule has 0 bridgehead atoms. The van der Waals surface area contributed by atoms with Crippen LogP contribution in [0.25, 0.3) is 0 Å². The molecule has 0 aliphatic carbocycles. The van der Waals surface area contributed by atoms with Crippen molar-refractivity contribution in [1.82, 2.24) is 5.32 Å². The molecule has 1 amide bonds. The van der Waals surface area contributed by atoms with Gasteiger partial charge in [-0.3, -0.25) is 4.79 Å².